The summed E-state index contributed by atoms with van der Waals surface area (Å²) in [5.41, 5.74) is -0.975. The summed E-state index contributed by atoms with van der Waals surface area (Å²) >= 11 is 0. The van der Waals surface area contributed by atoms with Gasteiger partial charge < -0.3 is 15.3 Å². The average Bonchev–Trinajstić information content (AvgIpc) is 2.44. The van der Waals surface area contributed by atoms with Crippen molar-refractivity contribution in [1.82, 2.24) is 0 Å². The number of rotatable bonds is 3. The lowest BCUT2D eigenvalue weighted by Crippen LogP contribution is -2.05. The van der Waals surface area contributed by atoms with E-state index in [9.17, 15) is 30.2 Å². The van der Waals surface area contributed by atoms with Gasteiger partial charge in [-0.1, -0.05) is 12.1 Å². The zero-order valence-corrected chi connectivity index (χ0v) is 9.98. The number of nitro groups is 1. The van der Waals surface area contributed by atoms with Crippen LogP contribution in [0, 0.1) is 10.1 Å². The predicted molar refractivity (Wildman–Crippen MR) is 68.0 cm³/mol. The van der Waals surface area contributed by atoms with Gasteiger partial charge in [0, 0.05) is 6.07 Å². The fraction of sp³-hybridized carbons (Fsp3) is 0. The third-order valence-corrected chi connectivity index (χ3v) is 2.72. The van der Waals surface area contributed by atoms with Gasteiger partial charge in [0.1, 0.15) is 5.56 Å². The van der Waals surface area contributed by atoms with Crippen molar-refractivity contribution in [2.45, 2.75) is 0 Å². The quantitative estimate of drug-likeness (QED) is 0.340. The van der Waals surface area contributed by atoms with Crippen molar-refractivity contribution >= 4 is 11.5 Å². The lowest BCUT2D eigenvalue weighted by Gasteiger charge is -2.07. The molecule has 3 N–H and O–H groups in total. The summed E-state index contributed by atoms with van der Waals surface area (Å²) in [6.45, 7) is 0. The Kier molecular flexibility index (Phi) is 3.26. The van der Waals surface area contributed by atoms with E-state index in [-0.39, 0.29) is 11.1 Å². The van der Waals surface area contributed by atoms with Crippen LogP contribution in [-0.2, 0) is 0 Å². The van der Waals surface area contributed by atoms with Crippen molar-refractivity contribution in [2.24, 2.45) is 0 Å². The van der Waals surface area contributed by atoms with E-state index in [1.54, 1.807) is 0 Å². The maximum atomic E-state index is 12.2. The Balaban J connectivity index is 2.58. The first-order valence-electron chi connectivity index (χ1n) is 5.45. The van der Waals surface area contributed by atoms with E-state index < -0.39 is 33.6 Å². The minimum Gasteiger partial charge on any atom is -0.504 e. The maximum absolute atomic E-state index is 12.2. The van der Waals surface area contributed by atoms with Gasteiger partial charge in [0.2, 0.25) is 11.5 Å². The highest BCUT2D eigenvalue weighted by Gasteiger charge is 2.24. The number of aromatic hydroxyl groups is 3. The summed E-state index contributed by atoms with van der Waals surface area (Å²) in [5.74, 6) is -3.10. The number of ketones is 1. The zero-order valence-electron chi connectivity index (χ0n) is 9.98. The molecule has 0 spiro atoms. The molecule has 0 atom stereocenters. The molecule has 0 aliphatic heterocycles. The highest BCUT2D eigenvalue weighted by Crippen LogP contribution is 2.38. The number of nitrogens with zero attached hydrogens (tertiary/aromatic N) is 1. The van der Waals surface area contributed by atoms with E-state index in [1.807, 2.05) is 0 Å². The maximum Gasteiger partial charge on any atom is 0.280 e. The van der Waals surface area contributed by atoms with Gasteiger partial charge in [-0.2, -0.15) is 0 Å². The molecular weight excluding hydrogens is 266 g/mol. The fourth-order valence-electron chi connectivity index (χ4n) is 1.72. The van der Waals surface area contributed by atoms with Crippen LogP contribution in [-0.4, -0.2) is 26.0 Å². The van der Waals surface area contributed by atoms with Crippen molar-refractivity contribution in [2.75, 3.05) is 0 Å². The molecule has 2 aromatic rings. The van der Waals surface area contributed by atoms with Gasteiger partial charge >= 0.3 is 0 Å². The number of hydrogen-bond donors (Lipinski definition) is 3. The van der Waals surface area contributed by atoms with Crippen LogP contribution in [0.3, 0.4) is 0 Å². The summed E-state index contributed by atoms with van der Waals surface area (Å²) in [7, 11) is 0. The second-order valence-corrected chi connectivity index (χ2v) is 3.93. The molecule has 0 fully saturated rings. The molecule has 0 radical (unpaired) electrons. The first kappa shape index (κ1) is 13.3. The Morgan fingerprint density at radius 3 is 2.25 bits per heavy atom. The number of benzene rings is 2. The monoisotopic (exact) mass is 275 g/mol. The molecule has 0 saturated carbocycles. The number of carbonyl (C=O) groups is 1. The van der Waals surface area contributed by atoms with Gasteiger partial charge in [-0.3, -0.25) is 14.9 Å². The van der Waals surface area contributed by atoms with E-state index in [0.717, 1.165) is 18.2 Å². The summed E-state index contributed by atoms with van der Waals surface area (Å²) in [4.78, 5) is 22.3. The van der Waals surface area contributed by atoms with Crippen LogP contribution in [0.5, 0.6) is 17.2 Å². The van der Waals surface area contributed by atoms with E-state index >= 15 is 0 Å². The van der Waals surface area contributed by atoms with Gasteiger partial charge in [-0.05, 0) is 18.2 Å². The first-order chi connectivity index (χ1) is 9.43. The second kappa shape index (κ2) is 4.88. The Labute approximate surface area is 112 Å². The molecule has 0 unspecified atom stereocenters. The molecule has 2 aromatic carbocycles. The Morgan fingerprint density at radius 1 is 0.950 bits per heavy atom. The molecule has 0 bridgehead atoms. The third-order valence-electron chi connectivity index (χ3n) is 2.72. The average molecular weight is 275 g/mol. The van der Waals surface area contributed by atoms with E-state index in [4.69, 9.17) is 0 Å². The number of hydrogen-bond acceptors (Lipinski definition) is 6. The van der Waals surface area contributed by atoms with Crippen molar-refractivity contribution in [3.63, 3.8) is 0 Å². The van der Waals surface area contributed by atoms with Crippen LogP contribution in [0.2, 0.25) is 0 Å². The van der Waals surface area contributed by atoms with Gasteiger partial charge in [-0.15, -0.1) is 0 Å². The summed E-state index contributed by atoms with van der Waals surface area (Å²) in [6, 6.07) is 7.33. The van der Waals surface area contributed by atoms with Gasteiger partial charge in [0.15, 0.2) is 11.5 Å². The first-order valence-corrected chi connectivity index (χ1v) is 5.45. The second-order valence-electron chi connectivity index (χ2n) is 3.93. The van der Waals surface area contributed by atoms with Crippen LogP contribution in [0.25, 0.3) is 0 Å². The molecule has 102 valence electrons. The molecule has 7 nitrogen and oxygen atoms in total. The smallest absolute Gasteiger partial charge is 0.280 e. The van der Waals surface area contributed by atoms with Crippen LogP contribution >= 0.6 is 0 Å². The Hall–Kier alpha value is -3.09. The van der Waals surface area contributed by atoms with Crippen LogP contribution in [0.1, 0.15) is 15.9 Å². The van der Waals surface area contributed by atoms with Crippen molar-refractivity contribution in [1.29, 1.82) is 0 Å². The van der Waals surface area contributed by atoms with Gasteiger partial charge in [0.25, 0.3) is 5.69 Å². The standard InChI is InChI=1S/C13H9NO6/c15-10-6-5-8(12(17)13(10)18)11(16)7-3-1-2-4-9(7)14(19)20/h1-6,15,17-18H. The van der Waals surface area contributed by atoms with Crippen LogP contribution in [0.15, 0.2) is 36.4 Å². The molecule has 0 aromatic heterocycles. The number of carbonyl (C=O) groups excluding carboxylic acids is 1. The van der Waals surface area contributed by atoms with E-state index in [0.29, 0.717) is 0 Å². The molecule has 0 saturated heterocycles. The molecular formula is C13H9NO6. The lowest BCUT2D eigenvalue weighted by atomic mass is 10.0. The number of phenolic OH excluding ortho intramolecular Hbond substituents is 3. The molecule has 7 heteroatoms. The summed E-state index contributed by atoms with van der Waals surface area (Å²) in [6.07, 6.45) is 0. The highest BCUT2D eigenvalue weighted by molar-refractivity contribution is 6.13. The minimum absolute atomic E-state index is 0.224. The summed E-state index contributed by atoms with van der Waals surface area (Å²) < 4.78 is 0. The van der Waals surface area contributed by atoms with E-state index in [1.165, 1.54) is 18.2 Å². The fourth-order valence-corrected chi connectivity index (χ4v) is 1.72. The normalized spacial score (nSPS) is 10.2. The van der Waals surface area contributed by atoms with Crippen molar-refractivity contribution in [3.05, 3.63) is 57.6 Å². The number of nitro benzene ring substituents is 1. The molecule has 2 rings (SSSR count). The predicted octanol–water partition coefficient (Wildman–Crippen LogP) is 1.94. The molecule has 0 aliphatic rings. The Morgan fingerprint density at radius 2 is 1.60 bits per heavy atom. The largest absolute Gasteiger partial charge is 0.504 e. The number of phenols is 3. The topological polar surface area (TPSA) is 121 Å². The van der Waals surface area contributed by atoms with Gasteiger partial charge in [-0.25, -0.2) is 0 Å². The highest BCUT2D eigenvalue weighted by atomic mass is 16.6. The third kappa shape index (κ3) is 2.12. The summed E-state index contributed by atoms with van der Waals surface area (Å²) in [5, 5.41) is 39.1. The lowest BCUT2D eigenvalue weighted by molar-refractivity contribution is -0.385. The zero-order chi connectivity index (χ0) is 14.9. The van der Waals surface area contributed by atoms with Crippen LogP contribution < -0.4 is 0 Å². The molecule has 0 aliphatic carbocycles. The van der Waals surface area contributed by atoms with Crippen molar-refractivity contribution < 1.29 is 25.0 Å². The molecule has 0 heterocycles. The Bertz CT molecular complexity index is 710. The molecule has 20 heavy (non-hydrogen) atoms. The van der Waals surface area contributed by atoms with Crippen LogP contribution in [0.4, 0.5) is 5.69 Å². The van der Waals surface area contributed by atoms with Gasteiger partial charge in [0.05, 0.1) is 10.5 Å². The number of para-hydroxylation sites is 1. The minimum atomic E-state index is -0.852. The SMILES string of the molecule is O=C(c1ccccc1[N+](=O)[O-])c1ccc(O)c(O)c1O. The van der Waals surface area contributed by atoms with E-state index in [2.05, 4.69) is 0 Å². The molecule has 0 amide bonds. The van der Waals surface area contributed by atoms with Crippen molar-refractivity contribution in [3.8, 4) is 17.2 Å².